The van der Waals surface area contributed by atoms with E-state index in [1.165, 1.54) is 6.20 Å². The zero-order valence-electron chi connectivity index (χ0n) is 11.1. The molecule has 0 saturated heterocycles. The molecule has 0 aliphatic rings. The molecule has 0 unspecified atom stereocenters. The van der Waals surface area contributed by atoms with Crippen LogP contribution in [0.25, 0.3) is 10.9 Å². The van der Waals surface area contributed by atoms with Crippen LogP contribution in [-0.2, 0) is 6.42 Å². The summed E-state index contributed by atoms with van der Waals surface area (Å²) in [6.45, 7) is 0.0373. The molecule has 1 heterocycles. The average molecular weight is 316 g/mol. The number of aliphatic imine (C=N–C) groups is 2. The fourth-order valence-corrected chi connectivity index (χ4v) is 1.96. The Morgan fingerprint density at radius 3 is 2.27 bits per heavy atom. The Kier molecular flexibility index (Phi) is 4.20. The topological polar surface area (TPSA) is 119 Å². The molecule has 118 valence electrons. The summed E-state index contributed by atoms with van der Waals surface area (Å²) in [5, 5.41) is -0.369. The third-order valence-corrected chi connectivity index (χ3v) is 2.88. The second-order valence-electron chi connectivity index (χ2n) is 4.35. The van der Waals surface area contributed by atoms with Gasteiger partial charge in [0.1, 0.15) is 0 Å². The van der Waals surface area contributed by atoms with Gasteiger partial charge in [-0.15, -0.1) is 0 Å². The maximum absolute atomic E-state index is 13.8. The van der Waals surface area contributed by atoms with Gasteiger partial charge in [-0.1, -0.05) is 0 Å². The van der Waals surface area contributed by atoms with E-state index < -0.39 is 28.8 Å². The number of nitrogens with zero attached hydrogens (tertiary/aromatic N) is 2. The lowest BCUT2D eigenvalue weighted by Gasteiger charge is -2.02. The number of aromatic nitrogens is 1. The van der Waals surface area contributed by atoms with E-state index in [-0.39, 0.29) is 35.8 Å². The van der Waals surface area contributed by atoms with Crippen molar-refractivity contribution in [3.05, 3.63) is 35.0 Å². The summed E-state index contributed by atoms with van der Waals surface area (Å²) < 4.78 is 53.7. The van der Waals surface area contributed by atoms with Crippen LogP contribution in [0.2, 0.25) is 0 Å². The van der Waals surface area contributed by atoms with E-state index in [2.05, 4.69) is 15.0 Å². The van der Waals surface area contributed by atoms with Crippen LogP contribution in [0.4, 0.5) is 17.6 Å². The molecule has 7 N–H and O–H groups in total. The first-order chi connectivity index (χ1) is 10.3. The fourth-order valence-electron chi connectivity index (χ4n) is 1.96. The van der Waals surface area contributed by atoms with Gasteiger partial charge in [0.2, 0.25) is 5.96 Å². The standard InChI is InChI=1S/C12H12F4N6/c13-6-5-4(1-2-20-12(19)22-11(17)18)3-21-10(5)9(16)8(15)7(6)14/h3,21H,1-2H2,(H6,17,18,19,20,22). The molecule has 0 atom stereocenters. The van der Waals surface area contributed by atoms with Gasteiger partial charge < -0.3 is 22.2 Å². The smallest absolute Gasteiger partial charge is 0.218 e. The SMILES string of the molecule is NC(N)=NC(N)=NCCc1c[nH]c2c(F)c(F)c(F)c(F)c12. The zero-order valence-corrected chi connectivity index (χ0v) is 11.1. The number of benzene rings is 1. The fraction of sp³-hybridized carbons (Fsp3) is 0.167. The summed E-state index contributed by atoms with van der Waals surface area (Å²) in [7, 11) is 0. The van der Waals surface area contributed by atoms with E-state index in [1.54, 1.807) is 0 Å². The molecular weight excluding hydrogens is 304 g/mol. The van der Waals surface area contributed by atoms with Crippen molar-refractivity contribution in [3.63, 3.8) is 0 Å². The molecule has 2 aromatic rings. The van der Waals surface area contributed by atoms with Crippen LogP contribution in [-0.4, -0.2) is 23.4 Å². The molecule has 0 spiro atoms. The van der Waals surface area contributed by atoms with E-state index in [0.29, 0.717) is 0 Å². The molecule has 0 aliphatic heterocycles. The van der Waals surface area contributed by atoms with Crippen molar-refractivity contribution in [1.29, 1.82) is 0 Å². The lowest BCUT2D eigenvalue weighted by atomic mass is 10.1. The molecule has 2 rings (SSSR count). The summed E-state index contributed by atoms with van der Waals surface area (Å²) in [6, 6.07) is 0. The van der Waals surface area contributed by atoms with E-state index >= 15 is 0 Å². The Labute approximate surface area is 121 Å². The molecule has 0 aliphatic carbocycles. The van der Waals surface area contributed by atoms with Crippen molar-refractivity contribution < 1.29 is 17.6 Å². The zero-order chi connectivity index (χ0) is 16.4. The van der Waals surface area contributed by atoms with Gasteiger partial charge in [0, 0.05) is 18.1 Å². The quantitative estimate of drug-likeness (QED) is 0.221. The summed E-state index contributed by atoms with van der Waals surface area (Å²) in [6.07, 6.45) is 1.32. The van der Waals surface area contributed by atoms with Gasteiger partial charge in [-0.2, -0.15) is 4.99 Å². The second-order valence-corrected chi connectivity index (χ2v) is 4.35. The molecular formula is C12H12F4N6. The number of halogens is 4. The molecule has 10 heteroatoms. The minimum absolute atomic E-state index is 0.0373. The van der Waals surface area contributed by atoms with Gasteiger partial charge in [0.05, 0.1) is 5.52 Å². The Balaban J connectivity index is 2.33. The van der Waals surface area contributed by atoms with Crippen LogP contribution < -0.4 is 17.2 Å². The van der Waals surface area contributed by atoms with Crippen LogP contribution in [0.5, 0.6) is 0 Å². The Morgan fingerprint density at radius 1 is 1.00 bits per heavy atom. The number of nitrogens with one attached hydrogen (secondary N) is 1. The number of hydrogen-bond acceptors (Lipinski definition) is 1. The lowest BCUT2D eigenvalue weighted by Crippen LogP contribution is -2.26. The molecule has 0 amide bonds. The van der Waals surface area contributed by atoms with Gasteiger partial charge in [0.25, 0.3) is 0 Å². The Hall–Kier alpha value is -2.78. The number of aromatic amines is 1. The highest BCUT2D eigenvalue weighted by atomic mass is 19.2. The highest BCUT2D eigenvalue weighted by Gasteiger charge is 2.23. The number of hydrogen-bond donors (Lipinski definition) is 4. The first-order valence-electron chi connectivity index (χ1n) is 6.04. The Morgan fingerprint density at radius 2 is 1.64 bits per heavy atom. The number of H-pyrrole nitrogens is 1. The third-order valence-electron chi connectivity index (χ3n) is 2.88. The number of rotatable bonds is 3. The van der Waals surface area contributed by atoms with Gasteiger partial charge in [-0.05, 0) is 12.0 Å². The molecule has 22 heavy (non-hydrogen) atoms. The Bertz CT molecular complexity index is 776. The molecule has 6 nitrogen and oxygen atoms in total. The summed E-state index contributed by atoms with van der Waals surface area (Å²) in [5.74, 6) is -7.15. The van der Waals surface area contributed by atoms with Crippen LogP contribution >= 0.6 is 0 Å². The summed E-state index contributed by atoms with van der Waals surface area (Å²) >= 11 is 0. The molecule has 0 saturated carbocycles. The van der Waals surface area contributed by atoms with Crippen LogP contribution in [0, 0.1) is 23.3 Å². The minimum Gasteiger partial charge on any atom is -0.370 e. The number of nitrogens with two attached hydrogens (primary N) is 3. The first-order valence-corrected chi connectivity index (χ1v) is 6.04. The highest BCUT2D eigenvalue weighted by Crippen LogP contribution is 2.29. The van der Waals surface area contributed by atoms with E-state index in [9.17, 15) is 17.6 Å². The van der Waals surface area contributed by atoms with Gasteiger partial charge in [0.15, 0.2) is 29.2 Å². The second kappa shape index (κ2) is 5.92. The molecule has 0 fully saturated rings. The maximum atomic E-state index is 13.8. The van der Waals surface area contributed by atoms with Gasteiger partial charge in [-0.25, -0.2) is 17.6 Å². The molecule has 0 bridgehead atoms. The normalized spacial score (nSPS) is 11.9. The monoisotopic (exact) mass is 316 g/mol. The van der Waals surface area contributed by atoms with E-state index in [1.807, 2.05) is 0 Å². The first kappa shape index (κ1) is 15.6. The van der Waals surface area contributed by atoms with Gasteiger partial charge >= 0.3 is 0 Å². The van der Waals surface area contributed by atoms with E-state index in [4.69, 9.17) is 17.2 Å². The summed E-state index contributed by atoms with van der Waals surface area (Å²) in [5.41, 5.74) is 15.3. The molecule has 1 aromatic carbocycles. The molecule has 1 aromatic heterocycles. The lowest BCUT2D eigenvalue weighted by molar-refractivity contribution is 0.417. The van der Waals surface area contributed by atoms with E-state index in [0.717, 1.165) is 0 Å². The van der Waals surface area contributed by atoms with Gasteiger partial charge in [-0.3, -0.25) is 4.99 Å². The van der Waals surface area contributed by atoms with Crippen molar-refractivity contribution in [3.8, 4) is 0 Å². The highest BCUT2D eigenvalue weighted by molar-refractivity contribution is 5.92. The predicted molar refractivity (Wildman–Crippen MR) is 74.1 cm³/mol. The summed E-state index contributed by atoms with van der Waals surface area (Å²) in [4.78, 5) is 9.62. The van der Waals surface area contributed by atoms with Crippen molar-refractivity contribution in [2.75, 3.05) is 6.54 Å². The average Bonchev–Trinajstić information content (AvgIpc) is 2.86. The van der Waals surface area contributed by atoms with Crippen LogP contribution in [0.1, 0.15) is 5.56 Å². The molecule has 0 radical (unpaired) electrons. The predicted octanol–water partition coefficient (Wildman–Crippen LogP) is 0.855. The van der Waals surface area contributed by atoms with Crippen LogP contribution in [0.15, 0.2) is 16.2 Å². The number of fused-ring (bicyclic) bond motifs is 1. The minimum atomic E-state index is -1.87. The van der Waals surface area contributed by atoms with Crippen molar-refractivity contribution in [2.45, 2.75) is 6.42 Å². The number of guanidine groups is 2. The maximum Gasteiger partial charge on any atom is 0.218 e. The van der Waals surface area contributed by atoms with Crippen molar-refractivity contribution in [2.24, 2.45) is 27.2 Å². The van der Waals surface area contributed by atoms with Crippen molar-refractivity contribution >= 4 is 22.8 Å². The largest absolute Gasteiger partial charge is 0.370 e. The third kappa shape index (κ3) is 2.80. The van der Waals surface area contributed by atoms with Crippen LogP contribution in [0.3, 0.4) is 0 Å². The van der Waals surface area contributed by atoms with Crippen molar-refractivity contribution in [1.82, 2.24) is 4.98 Å².